The van der Waals surface area contributed by atoms with E-state index in [4.69, 9.17) is 19.3 Å². The minimum absolute atomic E-state index is 0.000328. The van der Waals surface area contributed by atoms with Crippen LogP contribution in [0.5, 0.6) is 11.5 Å². The van der Waals surface area contributed by atoms with E-state index < -0.39 is 6.23 Å². The molecule has 2 aliphatic rings. The van der Waals surface area contributed by atoms with Crippen molar-refractivity contribution >= 4 is 11.7 Å². The summed E-state index contributed by atoms with van der Waals surface area (Å²) in [6.45, 7) is 2.50. The summed E-state index contributed by atoms with van der Waals surface area (Å²) in [6.07, 6.45) is 3.85. The van der Waals surface area contributed by atoms with Crippen LogP contribution in [0, 0.1) is 0 Å². The van der Waals surface area contributed by atoms with Crippen LogP contribution in [0.2, 0.25) is 0 Å². The summed E-state index contributed by atoms with van der Waals surface area (Å²) < 4.78 is 17.2. The predicted molar refractivity (Wildman–Crippen MR) is 119 cm³/mol. The summed E-state index contributed by atoms with van der Waals surface area (Å²) in [5.41, 5.74) is 4.36. The number of nitrogens with zero attached hydrogens (tertiary/aromatic N) is 3. The fraction of sp³-hybridized carbons (Fsp3) is 0.240. The molecule has 1 aromatic heterocycles. The molecule has 3 heterocycles. The Morgan fingerprint density at radius 2 is 2.00 bits per heavy atom. The van der Waals surface area contributed by atoms with Gasteiger partial charge in [-0.2, -0.15) is 5.10 Å². The lowest BCUT2D eigenvalue weighted by Crippen LogP contribution is -2.34. The molecule has 2 atom stereocenters. The first-order chi connectivity index (χ1) is 15.7. The number of rotatable bonds is 5. The van der Waals surface area contributed by atoms with E-state index in [1.807, 2.05) is 54.5 Å². The molecule has 7 heteroatoms. The Balaban J connectivity index is 1.58. The number of hydrazone groups is 1. The van der Waals surface area contributed by atoms with Crippen molar-refractivity contribution in [1.29, 1.82) is 0 Å². The van der Waals surface area contributed by atoms with Gasteiger partial charge in [-0.3, -0.25) is 4.98 Å². The van der Waals surface area contributed by atoms with Crippen LogP contribution in [0.1, 0.15) is 52.7 Å². The maximum Gasteiger partial charge on any atom is 0.337 e. The number of methoxy groups -OCH3 is 1. The van der Waals surface area contributed by atoms with Gasteiger partial charge in [0.25, 0.3) is 0 Å². The lowest BCUT2D eigenvalue weighted by molar-refractivity contribution is -0.0212. The van der Waals surface area contributed by atoms with E-state index >= 15 is 0 Å². The summed E-state index contributed by atoms with van der Waals surface area (Å²) >= 11 is 0. The van der Waals surface area contributed by atoms with Crippen LogP contribution in [0.3, 0.4) is 0 Å². The Bertz CT molecular complexity index is 1160. The minimum Gasteiger partial charge on any atom is -0.490 e. The highest BCUT2D eigenvalue weighted by Gasteiger charge is 2.42. The number of carbonyl (C=O) groups excluding carboxylic acids is 1. The second-order valence-corrected chi connectivity index (χ2v) is 7.58. The molecule has 3 aromatic rings. The monoisotopic (exact) mass is 429 g/mol. The van der Waals surface area contributed by atoms with Gasteiger partial charge in [-0.15, -0.1) is 0 Å². The Kier molecular flexibility index (Phi) is 5.23. The molecular weight excluding hydrogens is 406 g/mol. The Hall–Kier alpha value is -3.87. The van der Waals surface area contributed by atoms with Gasteiger partial charge in [0, 0.05) is 35.5 Å². The zero-order valence-corrected chi connectivity index (χ0v) is 17.9. The fourth-order valence-corrected chi connectivity index (χ4v) is 4.18. The Labute approximate surface area is 186 Å². The first-order valence-electron chi connectivity index (χ1n) is 10.6. The van der Waals surface area contributed by atoms with Crippen molar-refractivity contribution in [3.05, 3.63) is 89.2 Å². The smallest absolute Gasteiger partial charge is 0.337 e. The molecule has 0 spiro atoms. The summed E-state index contributed by atoms with van der Waals surface area (Å²) in [6, 6.07) is 17.1. The summed E-state index contributed by atoms with van der Waals surface area (Å²) in [4.78, 5) is 16.1. The molecule has 0 unspecified atom stereocenters. The molecule has 0 bridgehead atoms. The van der Waals surface area contributed by atoms with E-state index in [0.717, 1.165) is 40.3 Å². The van der Waals surface area contributed by atoms with Crippen LogP contribution >= 0.6 is 0 Å². The van der Waals surface area contributed by atoms with Crippen LogP contribution in [0.25, 0.3) is 0 Å². The molecule has 2 aliphatic heterocycles. The molecule has 0 amide bonds. The molecule has 0 fully saturated rings. The van der Waals surface area contributed by atoms with Gasteiger partial charge in [-0.25, -0.2) is 9.80 Å². The van der Waals surface area contributed by atoms with Gasteiger partial charge in [0.2, 0.25) is 6.23 Å². The van der Waals surface area contributed by atoms with Crippen molar-refractivity contribution in [2.75, 3.05) is 13.7 Å². The molecule has 32 heavy (non-hydrogen) atoms. The van der Waals surface area contributed by atoms with Crippen LogP contribution < -0.4 is 9.47 Å². The van der Waals surface area contributed by atoms with Crippen LogP contribution in [-0.4, -0.2) is 35.4 Å². The van der Waals surface area contributed by atoms with Crippen molar-refractivity contribution in [3.8, 4) is 11.5 Å². The zero-order valence-electron chi connectivity index (χ0n) is 17.9. The largest absolute Gasteiger partial charge is 0.490 e. The van der Waals surface area contributed by atoms with Gasteiger partial charge < -0.3 is 14.2 Å². The molecular formula is C25H23N3O4. The topological polar surface area (TPSA) is 73.2 Å². The SMILES string of the molecule is CCOc1cccc2c1O[C@H](c1ccc(C(=O)OC)cc1)N1N=C(c3cccnc3)C[C@@H]21. The van der Waals surface area contributed by atoms with Crippen LogP contribution in [0.15, 0.2) is 72.1 Å². The normalized spacial score (nSPS) is 18.8. The molecule has 0 saturated carbocycles. The minimum atomic E-state index is -0.463. The van der Waals surface area contributed by atoms with E-state index in [9.17, 15) is 4.79 Å². The highest BCUT2D eigenvalue weighted by Crippen LogP contribution is 2.50. The molecule has 0 radical (unpaired) electrons. The Morgan fingerprint density at radius 1 is 1.16 bits per heavy atom. The van der Waals surface area contributed by atoms with Crippen LogP contribution in [0.4, 0.5) is 0 Å². The molecule has 5 rings (SSSR count). The first kappa shape index (κ1) is 20.1. The van der Waals surface area contributed by atoms with Crippen molar-refractivity contribution in [2.24, 2.45) is 5.10 Å². The number of ether oxygens (including phenoxy) is 3. The maximum absolute atomic E-state index is 11.9. The van der Waals surface area contributed by atoms with Gasteiger partial charge in [-0.05, 0) is 31.2 Å². The molecule has 7 nitrogen and oxygen atoms in total. The predicted octanol–water partition coefficient (Wildman–Crippen LogP) is 4.51. The zero-order chi connectivity index (χ0) is 22.1. The summed E-state index contributed by atoms with van der Waals surface area (Å²) in [7, 11) is 1.37. The second-order valence-electron chi connectivity index (χ2n) is 7.58. The standard InChI is InChI=1S/C25H23N3O4/c1-3-31-22-8-4-7-19-21-14-20(18-6-5-13-26-15-18)27-28(21)24(32-23(19)22)16-9-11-17(12-10-16)25(29)30-2/h4-13,15,21,24H,3,14H2,1-2H3/t21-,24+/m0/s1. The fourth-order valence-electron chi connectivity index (χ4n) is 4.18. The second kappa shape index (κ2) is 8.34. The van der Waals surface area contributed by atoms with Crippen molar-refractivity contribution in [1.82, 2.24) is 9.99 Å². The summed E-state index contributed by atoms with van der Waals surface area (Å²) in [5.74, 6) is 1.08. The molecule has 2 aromatic carbocycles. The van der Waals surface area contributed by atoms with E-state index in [-0.39, 0.29) is 12.0 Å². The van der Waals surface area contributed by atoms with E-state index in [0.29, 0.717) is 12.2 Å². The average Bonchev–Trinajstić information content (AvgIpc) is 3.30. The Morgan fingerprint density at radius 3 is 2.72 bits per heavy atom. The van der Waals surface area contributed by atoms with E-state index in [2.05, 4.69) is 11.1 Å². The number of esters is 1. The quantitative estimate of drug-likeness (QED) is 0.556. The number of hydrogen-bond acceptors (Lipinski definition) is 7. The van der Waals surface area contributed by atoms with Gasteiger partial charge in [-0.1, -0.05) is 30.3 Å². The van der Waals surface area contributed by atoms with Crippen molar-refractivity contribution < 1.29 is 19.0 Å². The number of fused-ring (bicyclic) bond motifs is 3. The number of pyridine rings is 1. The number of aromatic nitrogens is 1. The van der Waals surface area contributed by atoms with Crippen LogP contribution in [-0.2, 0) is 4.74 Å². The highest BCUT2D eigenvalue weighted by atomic mass is 16.5. The lowest BCUT2D eigenvalue weighted by atomic mass is 9.96. The van der Waals surface area contributed by atoms with E-state index in [1.54, 1.807) is 18.3 Å². The first-order valence-corrected chi connectivity index (χ1v) is 10.6. The van der Waals surface area contributed by atoms with Gasteiger partial charge in [0.05, 0.1) is 31.0 Å². The third-order valence-corrected chi connectivity index (χ3v) is 5.69. The molecule has 162 valence electrons. The molecule has 0 N–H and O–H groups in total. The third kappa shape index (κ3) is 3.45. The van der Waals surface area contributed by atoms with Gasteiger partial charge in [0.1, 0.15) is 0 Å². The highest BCUT2D eigenvalue weighted by molar-refractivity contribution is 6.01. The number of benzene rings is 2. The molecule has 0 aliphatic carbocycles. The van der Waals surface area contributed by atoms with Gasteiger partial charge >= 0.3 is 5.97 Å². The summed E-state index contributed by atoms with van der Waals surface area (Å²) in [5, 5.41) is 6.93. The lowest BCUT2D eigenvalue weighted by Gasteiger charge is -2.38. The average molecular weight is 429 g/mol. The third-order valence-electron chi connectivity index (χ3n) is 5.69. The number of hydrogen-bond donors (Lipinski definition) is 0. The van der Waals surface area contributed by atoms with E-state index in [1.165, 1.54) is 7.11 Å². The number of carbonyl (C=O) groups is 1. The van der Waals surface area contributed by atoms with Gasteiger partial charge in [0.15, 0.2) is 11.5 Å². The van der Waals surface area contributed by atoms with Crippen molar-refractivity contribution in [3.63, 3.8) is 0 Å². The maximum atomic E-state index is 11.9. The molecule has 0 saturated heterocycles. The van der Waals surface area contributed by atoms with Crippen molar-refractivity contribution in [2.45, 2.75) is 25.6 Å². The number of para-hydroxylation sites is 1.